The number of nitrogens with one attached hydrogen (secondary N) is 1. The van der Waals surface area contributed by atoms with Crippen molar-refractivity contribution < 1.29 is 9.90 Å². The fraction of sp³-hybridized carbons (Fsp3) is 0.364. The fourth-order valence-electron chi connectivity index (χ4n) is 1.24. The summed E-state index contributed by atoms with van der Waals surface area (Å²) >= 11 is 6.65. The molecule has 88 valence electrons. The molecule has 1 atom stereocenters. The summed E-state index contributed by atoms with van der Waals surface area (Å²) in [6, 6.07) is 5.39. The van der Waals surface area contributed by atoms with E-state index in [9.17, 15) is 4.79 Å². The van der Waals surface area contributed by atoms with Gasteiger partial charge in [0.15, 0.2) is 0 Å². The van der Waals surface area contributed by atoms with Crippen LogP contribution in [-0.4, -0.2) is 23.7 Å². The quantitative estimate of drug-likeness (QED) is 0.877. The first-order chi connectivity index (χ1) is 7.54. The Morgan fingerprint density at radius 3 is 2.81 bits per heavy atom. The van der Waals surface area contributed by atoms with Crippen molar-refractivity contribution in [3.63, 3.8) is 0 Å². The smallest absolute Gasteiger partial charge is 0.252 e. The topological polar surface area (TPSA) is 49.3 Å². The van der Waals surface area contributed by atoms with Crippen LogP contribution in [0.1, 0.15) is 23.7 Å². The Kier molecular flexibility index (Phi) is 5.44. The molecule has 0 spiro atoms. The van der Waals surface area contributed by atoms with Gasteiger partial charge in [-0.25, -0.2) is 0 Å². The average molecular weight is 351 g/mol. The second-order valence-electron chi connectivity index (χ2n) is 3.51. The molecule has 0 radical (unpaired) electrons. The molecule has 1 amide bonds. The molecule has 0 heterocycles. The highest BCUT2D eigenvalue weighted by Gasteiger charge is 2.12. The minimum absolute atomic E-state index is 0.0385. The molecule has 0 aliphatic rings. The number of aliphatic hydroxyl groups excluding tert-OH is 1. The van der Waals surface area contributed by atoms with Crippen molar-refractivity contribution in [1.29, 1.82) is 0 Å². The monoisotopic (exact) mass is 349 g/mol. The molecule has 1 unspecified atom stereocenters. The minimum Gasteiger partial charge on any atom is -0.396 e. The maximum absolute atomic E-state index is 11.9. The van der Waals surface area contributed by atoms with Crippen LogP contribution >= 0.6 is 31.9 Å². The van der Waals surface area contributed by atoms with Crippen molar-refractivity contribution in [3.05, 3.63) is 32.7 Å². The first-order valence-corrected chi connectivity index (χ1v) is 6.50. The summed E-state index contributed by atoms with van der Waals surface area (Å²) < 4.78 is 1.61. The normalized spacial score (nSPS) is 12.2. The molecule has 0 aliphatic carbocycles. The van der Waals surface area contributed by atoms with Crippen molar-refractivity contribution in [3.8, 4) is 0 Å². The van der Waals surface area contributed by atoms with Crippen LogP contribution in [0, 0.1) is 0 Å². The Labute approximate surface area is 111 Å². The first kappa shape index (κ1) is 13.7. The van der Waals surface area contributed by atoms with Crippen molar-refractivity contribution in [1.82, 2.24) is 5.32 Å². The average Bonchev–Trinajstić information content (AvgIpc) is 2.21. The van der Waals surface area contributed by atoms with E-state index in [1.165, 1.54) is 0 Å². The van der Waals surface area contributed by atoms with E-state index < -0.39 is 0 Å². The number of amides is 1. The van der Waals surface area contributed by atoms with Gasteiger partial charge in [-0.1, -0.05) is 15.9 Å². The standard InChI is InChI=1S/C11H13Br2NO2/c1-7(4-5-15)14-11(16)9-6-8(12)2-3-10(9)13/h2-3,6-7,15H,4-5H2,1H3,(H,14,16). The van der Waals surface area contributed by atoms with Crippen molar-refractivity contribution in [2.45, 2.75) is 19.4 Å². The lowest BCUT2D eigenvalue weighted by Crippen LogP contribution is -2.33. The number of benzene rings is 1. The largest absolute Gasteiger partial charge is 0.396 e. The summed E-state index contributed by atoms with van der Waals surface area (Å²) in [7, 11) is 0. The Hall–Kier alpha value is -0.390. The van der Waals surface area contributed by atoms with E-state index in [2.05, 4.69) is 37.2 Å². The highest BCUT2D eigenvalue weighted by Crippen LogP contribution is 2.21. The number of carbonyl (C=O) groups excluding carboxylic acids is 1. The lowest BCUT2D eigenvalue weighted by Gasteiger charge is -2.13. The molecule has 0 bridgehead atoms. The van der Waals surface area contributed by atoms with Gasteiger partial charge in [0.2, 0.25) is 0 Å². The van der Waals surface area contributed by atoms with Crippen LogP contribution < -0.4 is 5.32 Å². The van der Waals surface area contributed by atoms with Gasteiger partial charge in [0, 0.05) is 21.6 Å². The summed E-state index contributed by atoms with van der Waals surface area (Å²) in [4.78, 5) is 11.9. The lowest BCUT2D eigenvalue weighted by atomic mass is 10.2. The van der Waals surface area contributed by atoms with Gasteiger partial charge in [0.25, 0.3) is 5.91 Å². The maximum atomic E-state index is 11.9. The van der Waals surface area contributed by atoms with Gasteiger partial charge < -0.3 is 10.4 Å². The number of aliphatic hydroxyl groups is 1. The summed E-state index contributed by atoms with van der Waals surface area (Å²) in [6.45, 7) is 1.93. The Balaban J connectivity index is 2.76. The van der Waals surface area contributed by atoms with Gasteiger partial charge in [-0.3, -0.25) is 4.79 Å². The Morgan fingerprint density at radius 2 is 2.19 bits per heavy atom. The second-order valence-corrected chi connectivity index (χ2v) is 5.28. The van der Waals surface area contributed by atoms with E-state index in [1.54, 1.807) is 6.07 Å². The summed E-state index contributed by atoms with van der Waals surface area (Å²) in [5.41, 5.74) is 0.583. The van der Waals surface area contributed by atoms with Gasteiger partial charge in [-0.15, -0.1) is 0 Å². The summed E-state index contributed by atoms with van der Waals surface area (Å²) in [6.07, 6.45) is 0.553. The van der Waals surface area contributed by atoms with E-state index in [1.807, 2.05) is 19.1 Å². The molecule has 0 saturated heterocycles. The molecule has 0 fully saturated rings. The predicted molar refractivity (Wildman–Crippen MR) is 70.5 cm³/mol. The summed E-state index contributed by atoms with van der Waals surface area (Å²) in [5.74, 6) is -0.144. The number of halogens is 2. The molecule has 2 N–H and O–H groups in total. The van der Waals surface area contributed by atoms with Gasteiger partial charge >= 0.3 is 0 Å². The fourth-order valence-corrected chi connectivity index (χ4v) is 2.03. The van der Waals surface area contributed by atoms with Gasteiger partial charge in [-0.2, -0.15) is 0 Å². The molecular weight excluding hydrogens is 338 g/mol. The third-order valence-electron chi connectivity index (χ3n) is 2.11. The Bertz CT molecular complexity index is 382. The molecule has 0 saturated carbocycles. The molecule has 1 rings (SSSR count). The predicted octanol–water partition coefficient (Wildman–Crippen LogP) is 2.71. The zero-order chi connectivity index (χ0) is 12.1. The zero-order valence-corrected chi connectivity index (χ0v) is 12.0. The van der Waals surface area contributed by atoms with Gasteiger partial charge in [-0.05, 0) is 47.5 Å². The molecule has 16 heavy (non-hydrogen) atoms. The third kappa shape index (κ3) is 3.88. The van der Waals surface area contributed by atoms with E-state index >= 15 is 0 Å². The van der Waals surface area contributed by atoms with Crippen LogP contribution in [0.15, 0.2) is 27.1 Å². The number of rotatable bonds is 4. The van der Waals surface area contributed by atoms with Crippen molar-refractivity contribution in [2.24, 2.45) is 0 Å². The lowest BCUT2D eigenvalue weighted by molar-refractivity contribution is 0.0933. The van der Waals surface area contributed by atoms with E-state index in [-0.39, 0.29) is 18.6 Å². The van der Waals surface area contributed by atoms with Crippen molar-refractivity contribution in [2.75, 3.05) is 6.61 Å². The van der Waals surface area contributed by atoms with E-state index in [0.29, 0.717) is 12.0 Å². The molecule has 5 heteroatoms. The summed E-state index contributed by atoms with van der Waals surface area (Å²) in [5, 5.41) is 11.6. The molecular formula is C11H13Br2NO2. The van der Waals surface area contributed by atoms with Crippen molar-refractivity contribution >= 4 is 37.8 Å². The molecule has 3 nitrogen and oxygen atoms in total. The van der Waals surface area contributed by atoms with Crippen LogP contribution in [0.25, 0.3) is 0 Å². The third-order valence-corrected chi connectivity index (χ3v) is 3.30. The van der Waals surface area contributed by atoms with Gasteiger partial charge in [0.1, 0.15) is 0 Å². The number of hydrogen-bond acceptors (Lipinski definition) is 2. The van der Waals surface area contributed by atoms with Crippen LogP contribution in [0.4, 0.5) is 0 Å². The first-order valence-electron chi connectivity index (χ1n) is 4.91. The van der Waals surface area contributed by atoms with Crippen LogP contribution in [-0.2, 0) is 0 Å². The van der Waals surface area contributed by atoms with Gasteiger partial charge in [0.05, 0.1) is 5.56 Å². The SMILES string of the molecule is CC(CCO)NC(=O)c1cc(Br)ccc1Br. The molecule has 0 aromatic heterocycles. The molecule has 1 aromatic rings. The maximum Gasteiger partial charge on any atom is 0.252 e. The second kappa shape index (κ2) is 6.37. The zero-order valence-electron chi connectivity index (χ0n) is 8.84. The minimum atomic E-state index is -0.144. The highest BCUT2D eigenvalue weighted by molar-refractivity contribution is 9.11. The van der Waals surface area contributed by atoms with Crippen LogP contribution in [0.3, 0.4) is 0 Å². The Morgan fingerprint density at radius 1 is 1.50 bits per heavy atom. The van der Waals surface area contributed by atoms with E-state index in [4.69, 9.17) is 5.11 Å². The molecule has 1 aromatic carbocycles. The number of carbonyl (C=O) groups is 1. The van der Waals surface area contributed by atoms with Crippen LogP contribution in [0.5, 0.6) is 0 Å². The molecule has 0 aliphatic heterocycles. The van der Waals surface area contributed by atoms with Crippen LogP contribution in [0.2, 0.25) is 0 Å². The van der Waals surface area contributed by atoms with E-state index in [0.717, 1.165) is 8.95 Å². The number of hydrogen-bond donors (Lipinski definition) is 2. The highest BCUT2D eigenvalue weighted by atomic mass is 79.9.